The number of halogens is 1. The highest BCUT2D eigenvalue weighted by molar-refractivity contribution is 6.30. The Morgan fingerprint density at radius 1 is 1.26 bits per heavy atom. The fourth-order valence-corrected chi connectivity index (χ4v) is 2.76. The summed E-state index contributed by atoms with van der Waals surface area (Å²) in [7, 11) is 0. The minimum absolute atomic E-state index is 0.168. The lowest BCUT2D eigenvalue weighted by Gasteiger charge is -2.43. The van der Waals surface area contributed by atoms with Crippen molar-refractivity contribution in [3.05, 3.63) is 29.3 Å². The predicted octanol–water partition coefficient (Wildman–Crippen LogP) is 2.99. The first-order chi connectivity index (χ1) is 9.04. The largest absolute Gasteiger partial charge is 0.394 e. The molecular weight excluding hydrogens is 260 g/mol. The molecule has 4 heteroatoms. The highest BCUT2D eigenvalue weighted by Gasteiger charge is 2.34. The average Bonchev–Trinajstić information content (AvgIpc) is 2.42. The molecule has 0 saturated carbocycles. The zero-order chi connectivity index (χ0) is 13.9. The summed E-state index contributed by atoms with van der Waals surface area (Å²) in [4.78, 5) is 2.46. The SMILES string of the molecule is CC(C)N1CCC(CO)(Nc2ccc(Cl)cc2)CC1. The van der Waals surface area contributed by atoms with Gasteiger partial charge in [-0.05, 0) is 51.0 Å². The summed E-state index contributed by atoms with van der Waals surface area (Å²) in [6.45, 7) is 6.66. The normalized spacial score (nSPS) is 19.6. The van der Waals surface area contributed by atoms with Crippen molar-refractivity contribution in [1.29, 1.82) is 0 Å². The summed E-state index contributed by atoms with van der Waals surface area (Å²) < 4.78 is 0. The van der Waals surface area contributed by atoms with E-state index in [-0.39, 0.29) is 12.1 Å². The van der Waals surface area contributed by atoms with Crippen molar-refractivity contribution in [3.8, 4) is 0 Å². The Bertz CT molecular complexity index is 397. The van der Waals surface area contributed by atoms with Crippen molar-refractivity contribution in [2.75, 3.05) is 25.0 Å². The van der Waals surface area contributed by atoms with Gasteiger partial charge in [-0.15, -0.1) is 0 Å². The number of anilines is 1. The van der Waals surface area contributed by atoms with Gasteiger partial charge in [0.2, 0.25) is 0 Å². The molecule has 106 valence electrons. The number of nitrogens with zero attached hydrogens (tertiary/aromatic N) is 1. The molecule has 0 bridgehead atoms. The van der Waals surface area contributed by atoms with E-state index in [9.17, 15) is 5.11 Å². The smallest absolute Gasteiger partial charge is 0.0662 e. The summed E-state index contributed by atoms with van der Waals surface area (Å²) >= 11 is 5.89. The first kappa shape index (κ1) is 14.6. The van der Waals surface area contributed by atoms with Gasteiger partial charge in [0, 0.05) is 29.8 Å². The second-order valence-electron chi connectivity index (χ2n) is 5.70. The van der Waals surface area contributed by atoms with Gasteiger partial charge in [0.25, 0.3) is 0 Å². The molecule has 0 unspecified atom stereocenters. The fraction of sp³-hybridized carbons (Fsp3) is 0.600. The Balaban J connectivity index is 2.02. The molecular formula is C15H23ClN2O. The van der Waals surface area contributed by atoms with Crippen LogP contribution in [0.5, 0.6) is 0 Å². The van der Waals surface area contributed by atoms with E-state index in [4.69, 9.17) is 11.6 Å². The van der Waals surface area contributed by atoms with E-state index in [1.54, 1.807) is 0 Å². The van der Waals surface area contributed by atoms with Crippen LogP contribution in [0.15, 0.2) is 24.3 Å². The summed E-state index contributed by atoms with van der Waals surface area (Å²) in [5, 5.41) is 14.0. The zero-order valence-electron chi connectivity index (χ0n) is 11.7. The molecule has 1 aliphatic rings. The van der Waals surface area contributed by atoms with Crippen LogP contribution in [0.1, 0.15) is 26.7 Å². The van der Waals surface area contributed by atoms with Crippen LogP contribution < -0.4 is 5.32 Å². The van der Waals surface area contributed by atoms with Crippen molar-refractivity contribution >= 4 is 17.3 Å². The number of benzene rings is 1. The predicted molar refractivity (Wildman–Crippen MR) is 80.8 cm³/mol. The molecule has 1 aliphatic heterocycles. The molecule has 0 atom stereocenters. The van der Waals surface area contributed by atoms with E-state index in [0.29, 0.717) is 6.04 Å². The van der Waals surface area contributed by atoms with Crippen LogP contribution in [0, 0.1) is 0 Å². The highest BCUT2D eigenvalue weighted by atomic mass is 35.5. The number of aliphatic hydroxyl groups excluding tert-OH is 1. The molecule has 3 nitrogen and oxygen atoms in total. The standard InChI is InChI=1S/C15H23ClN2O/c1-12(2)18-9-7-15(11-19,8-10-18)17-14-5-3-13(16)4-6-14/h3-6,12,17,19H,7-11H2,1-2H3. The summed E-state index contributed by atoms with van der Waals surface area (Å²) in [6, 6.07) is 8.26. The number of hydrogen-bond donors (Lipinski definition) is 2. The lowest BCUT2D eigenvalue weighted by Crippen LogP contribution is -2.53. The van der Waals surface area contributed by atoms with E-state index in [1.165, 1.54) is 0 Å². The van der Waals surface area contributed by atoms with Crippen molar-refractivity contribution in [2.24, 2.45) is 0 Å². The maximum absolute atomic E-state index is 9.78. The number of aliphatic hydroxyl groups is 1. The third-order valence-electron chi connectivity index (χ3n) is 4.04. The Labute approximate surface area is 120 Å². The third kappa shape index (κ3) is 3.62. The number of nitrogens with one attached hydrogen (secondary N) is 1. The molecule has 1 heterocycles. The van der Waals surface area contributed by atoms with E-state index in [2.05, 4.69) is 24.1 Å². The van der Waals surface area contributed by atoms with Crippen LogP contribution >= 0.6 is 11.6 Å². The van der Waals surface area contributed by atoms with E-state index in [0.717, 1.165) is 36.6 Å². The van der Waals surface area contributed by atoms with Gasteiger partial charge in [0.1, 0.15) is 0 Å². The molecule has 0 aliphatic carbocycles. The molecule has 0 aromatic heterocycles. The first-order valence-corrected chi connectivity index (χ1v) is 7.31. The number of rotatable bonds is 4. The van der Waals surface area contributed by atoms with Crippen molar-refractivity contribution in [2.45, 2.75) is 38.3 Å². The summed E-state index contributed by atoms with van der Waals surface area (Å²) in [5.74, 6) is 0. The van der Waals surface area contributed by atoms with Crippen LogP contribution in [0.2, 0.25) is 5.02 Å². The molecule has 19 heavy (non-hydrogen) atoms. The second kappa shape index (κ2) is 6.12. The van der Waals surface area contributed by atoms with Gasteiger partial charge in [0.05, 0.1) is 12.1 Å². The van der Waals surface area contributed by atoms with Gasteiger partial charge in [-0.1, -0.05) is 11.6 Å². The molecule has 1 fully saturated rings. The van der Waals surface area contributed by atoms with Crippen LogP contribution in [0.25, 0.3) is 0 Å². The second-order valence-corrected chi connectivity index (χ2v) is 6.14. The minimum Gasteiger partial charge on any atom is -0.394 e. The number of hydrogen-bond acceptors (Lipinski definition) is 3. The summed E-state index contributed by atoms with van der Waals surface area (Å²) in [5.41, 5.74) is 0.829. The topological polar surface area (TPSA) is 35.5 Å². The number of piperidine rings is 1. The maximum atomic E-state index is 9.78. The van der Waals surface area contributed by atoms with Crippen LogP contribution in [-0.2, 0) is 0 Å². The zero-order valence-corrected chi connectivity index (χ0v) is 12.5. The van der Waals surface area contributed by atoms with Gasteiger partial charge in [0.15, 0.2) is 0 Å². The first-order valence-electron chi connectivity index (χ1n) is 6.93. The highest BCUT2D eigenvalue weighted by Crippen LogP contribution is 2.28. The Morgan fingerprint density at radius 2 is 1.84 bits per heavy atom. The lowest BCUT2D eigenvalue weighted by molar-refractivity contribution is 0.101. The van der Waals surface area contributed by atoms with Crippen molar-refractivity contribution < 1.29 is 5.11 Å². The molecule has 0 spiro atoms. The van der Waals surface area contributed by atoms with Crippen molar-refractivity contribution in [1.82, 2.24) is 4.90 Å². The monoisotopic (exact) mass is 282 g/mol. The van der Waals surface area contributed by atoms with Crippen LogP contribution in [-0.4, -0.2) is 41.3 Å². The molecule has 2 rings (SSSR count). The fourth-order valence-electron chi connectivity index (χ4n) is 2.63. The van der Waals surface area contributed by atoms with E-state index >= 15 is 0 Å². The molecule has 1 saturated heterocycles. The van der Waals surface area contributed by atoms with Crippen molar-refractivity contribution in [3.63, 3.8) is 0 Å². The quantitative estimate of drug-likeness (QED) is 0.891. The van der Waals surface area contributed by atoms with Gasteiger partial charge in [-0.2, -0.15) is 0 Å². The molecule has 1 aromatic rings. The molecule has 0 radical (unpaired) electrons. The van der Waals surface area contributed by atoms with Gasteiger partial charge in [-0.25, -0.2) is 0 Å². The minimum atomic E-state index is -0.195. The molecule has 1 aromatic carbocycles. The Hall–Kier alpha value is -0.770. The Kier molecular flexibility index (Phi) is 4.71. The average molecular weight is 283 g/mol. The van der Waals surface area contributed by atoms with E-state index in [1.807, 2.05) is 24.3 Å². The van der Waals surface area contributed by atoms with Gasteiger partial charge >= 0.3 is 0 Å². The number of likely N-dealkylation sites (tertiary alicyclic amines) is 1. The maximum Gasteiger partial charge on any atom is 0.0662 e. The van der Waals surface area contributed by atoms with Gasteiger partial charge in [-0.3, -0.25) is 0 Å². The lowest BCUT2D eigenvalue weighted by atomic mass is 9.87. The van der Waals surface area contributed by atoms with Crippen LogP contribution in [0.3, 0.4) is 0 Å². The third-order valence-corrected chi connectivity index (χ3v) is 4.29. The molecule has 2 N–H and O–H groups in total. The van der Waals surface area contributed by atoms with Gasteiger partial charge < -0.3 is 15.3 Å². The molecule has 0 amide bonds. The van der Waals surface area contributed by atoms with Crippen LogP contribution in [0.4, 0.5) is 5.69 Å². The summed E-state index contributed by atoms with van der Waals surface area (Å²) in [6.07, 6.45) is 1.93. The van der Waals surface area contributed by atoms with E-state index < -0.39 is 0 Å². The Morgan fingerprint density at radius 3 is 2.32 bits per heavy atom.